The Morgan fingerprint density at radius 1 is 0.759 bits per heavy atom. The SMILES string of the molecule is COC(=O)N[C@H](C(=O)NC(Cc1ccccc1)C(CN(CC1CCCCC1)NC(=O)[C@@H](NC(=O)OC)C(C)C)OC(=O)c1ccc(CN2CCOCC2)cc1)C(C)C. The zero-order valence-corrected chi connectivity index (χ0v) is 35.0. The molecule has 2 aromatic rings. The number of alkyl carbamates (subject to hydrolysis) is 2. The quantitative estimate of drug-likeness (QED) is 0.0897. The van der Waals surface area contributed by atoms with Crippen molar-refractivity contribution in [3.8, 4) is 0 Å². The van der Waals surface area contributed by atoms with Crippen LogP contribution in [0.4, 0.5) is 9.59 Å². The first kappa shape index (κ1) is 46.0. The number of hydrazine groups is 1. The topological polar surface area (TPSA) is 177 Å². The zero-order valence-electron chi connectivity index (χ0n) is 35.0. The van der Waals surface area contributed by atoms with Crippen molar-refractivity contribution < 1.29 is 42.9 Å². The molecule has 58 heavy (non-hydrogen) atoms. The van der Waals surface area contributed by atoms with E-state index >= 15 is 0 Å². The van der Waals surface area contributed by atoms with Gasteiger partial charge in [-0.15, -0.1) is 0 Å². The van der Waals surface area contributed by atoms with Crippen molar-refractivity contribution in [3.05, 3.63) is 71.3 Å². The van der Waals surface area contributed by atoms with Crippen LogP contribution in [0.2, 0.25) is 0 Å². The lowest BCUT2D eigenvalue weighted by atomic mass is 9.89. The number of carbonyl (C=O) groups is 5. The summed E-state index contributed by atoms with van der Waals surface area (Å²) in [6.45, 7) is 11.5. The zero-order chi connectivity index (χ0) is 42.0. The van der Waals surface area contributed by atoms with Crippen molar-refractivity contribution in [2.24, 2.45) is 17.8 Å². The van der Waals surface area contributed by atoms with E-state index in [-0.39, 0.29) is 30.7 Å². The van der Waals surface area contributed by atoms with Crippen LogP contribution in [0.3, 0.4) is 0 Å². The minimum atomic E-state index is -1.01. The Kier molecular flexibility index (Phi) is 18.7. The summed E-state index contributed by atoms with van der Waals surface area (Å²) >= 11 is 0. The first-order valence-corrected chi connectivity index (χ1v) is 20.6. The molecule has 2 aromatic carbocycles. The first-order chi connectivity index (χ1) is 27.9. The van der Waals surface area contributed by atoms with Crippen LogP contribution in [0, 0.1) is 17.8 Å². The van der Waals surface area contributed by atoms with Gasteiger partial charge in [0.05, 0.1) is 45.6 Å². The molecule has 0 bridgehead atoms. The van der Waals surface area contributed by atoms with Crippen LogP contribution in [0.25, 0.3) is 0 Å². The smallest absolute Gasteiger partial charge is 0.407 e. The van der Waals surface area contributed by atoms with Gasteiger partial charge in [0.15, 0.2) is 0 Å². The fourth-order valence-corrected chi connectivity index (χ4v) is 7.36. The Balaban J connectivity index is 1.71. The second-order valence-corrected chi connectivity index (χ2v) is 15.9. The Morgan fingerprint density at radius 2 is 1.34 bits per heavy atom. The fraction of sp³-hybridized carbons (Fsp3) is 0.605. The van der Waals surface area contributed by atoms with Gasteiger partial charge in [0.2, 0.25) is 5.91 Å². The van der Waals surface area contributed by atoms with Crippen LogP contribution in [-0.2, 0) is 41.5 Å². The van der Waals surface area contributed by atoms with E-state index in [9.17, 15) is 24.0 Å². The van der Waals surface area contributed by atoms with Crippen molar-refractivity contribution in [1.82, 2.24) is 31.3 Å². The van der Waals surface area contributed by atoms with E-state index in [0.29, 0.717) is 25.3 Å². The normalized spacial score (nSPS) is 17.1. The highest BCUT2D eigenvalue weighted by molar-refractivity contribution is 5.90. The monoisotopic (exact) mass is 808 g/mol. The molecular weight excluding hydrogens is 745 g/mol. The van der Waals surface area contributed by atoms with Gasteiger partial charge in [-0.05, 0) is 60.3 Å². The third-order valence-electron chi connectivity index (χ3n) is 10.7. The predicted octanol–water partition coefficient (Wildman–Crippen LogP) is 4.45. The van der Waals surface area contributed by atoms with Crippen molar-refractivity contribution >= 4 is 30.0 Å². The number of esters is 1. The van der Waals surface area contributed by atoms with Crippen LogP contribution in [0.1, 0.15) is 81.3 Å². The summed E-state index contributed by atoms with van der Waals surface area (Å²) in [4.78, 5) is 69.1. The van der Waals surface area contributed by atoms with Crippen molar-refractivity contribution in [3.63, 3.8) is 0 Å². The molecule has 1 aliphatic heterocycles. The maximum Gasteiger partial charge on any atom is 0.407 e. The summed E-state index contributed by atoms with van der Waals surface area (Å²) in [6.07, 6.45) is 2.93. The summed E-state index contributed by atoms with van der Waals surface area (Å²) < 4.78 is 21.5. The highest BCUT2D eigenvalue weighted by atomic mass is 16.6. The standard InChI is InChI=1S/C43H64N6O9/c1-29(2)37(45-42(53)55-5)39(50)44-35(25-31-13-9-7-10-14-31)36(58-41(52)34-19-17-33(18-20-34)26-48-21-23-57-24-22-48)28-49(27-32-15-11-8-12-16-32)47-40(51)38(30(3)4)46-43(54)56-6/h7,9-10,13-14,17-20,29-30,32,35-38H,8,11-12,15-16,21-28H2,1-6H3,(H,44,50)(H,45,53)(H,46,54)(H,47,51)/t35?,36?,37-,38-/m0/s1. The molecule has 4 amide bonds. The highest BCUT2D eigenvalue weighted by Crippen LogP contribution is 2.25. The number of amides is 4. The summed E-state index contributed by atoms with van der Waals surface area (Å²) in [5, 5.41) is 10.1. The van der Waals surface area contributed by atoms with Crippen LogP contribution in [0.15, 0.2) is 54.6 Å². The van der Waals surface area contributed by atoms with E-state index < -0.39 is 54.2 Å². The lowest BCUT2D eigenvalue weighted by Gasteiger charge is -2.36. The Labute approximate surface area is 343 Å². The van der Waals surface area contributed by atoms with E-state index in [2.05, 4.69) is 26.3 Å². The number of ether oxygens (including phenoxy) is 4. The molecule has 0 spiro atoms. The molecule has 4 rings (SSSR count). The van der Waals surface area contributed by atoms with E-state index in [0.717, 1.165) is 62.9 Å². The van der Waals surface area contributed by atoms with Crippen molar-refractivity contribution in [2.45, 2.75) is 97.0 Å². The molecule has 2 unspecified atom stereocenters. The van der Waals surface area contributed by atoms with E-state index in [1.54, 1.807) is 17.1 Å². The average Bonchev–Trinajstić information content (AvgIpc) is 3.22. The molecule has 0 aromatic heterocycles. The van der Waals surface area contributed by atoms with Crippen molar-refractivity contribution in [1.29, 1.82) is 0 Å². The number of rotatable bonds is 19. The molecule has 1 heterocycles. The first-order valence-electron chi connectivity index (χ1n) is 20.6. The van der Waals surface area contributed by atoms with Gasteiger partial charge >= 0.3 is 18.2 Å². The van der Waals surface area contributed by atoms with Gasteiger partial charge in [0.25, 0.3) is 5.91 Å². The number of methoxy groups -OCH3 is 2. The minimum Gasteiger partial charge on any atom is -0.455 e. The molecular formula is C43H64N6O9. The summed E-state index contributed by atoms with van der Waals surface area (Å²) in [5.41, 5.74) is 5.29. The van der Waals surface area contributed by atoms with Crippen LogP contribution < -0.4 is 21.4 Å². The maximum absolute atomic E-state index is 14.2. The molecule has 0 radical (unpaired) electrons. The molecule has 1 aliphatic carbocycles. The number of nitrogens with one attached hydrogen (secondary N) is 4. The lowest BCUT2D eigenvalue weighted by Crippen LogP contribution is -2.60. The number of hydrogen-bond donors (Lipinski definition) is 4. The largest absolute Gasteiger partial charge is 0.455 e. The molecule has 15 nitrogen and oxygen atoms in total. The highest BCUT2D eigenvalue weighted by Gasteiger charge is 2.35. The van der Waals surface area contributed by atoms with Gasteiger partial charge in [-0.2, -0.15) is 0 Å². The van der Waals surface area contributed by atoms with Gasteiger partial charge in [-0.25, -0.2) is 19.4 Å². The van der Waals surface area contributed by atoms with Gasteiger partial charge in [-0.3, -0.25) is 19.9 Å². The Bertz CT molecular complexity index is 1600. The molecule has 4 N–H and O–H groups in total. The number of carbonyl (C=O) groups excluding carboxylic acids is 5. The van der Waals surface area contributed by atoms with E-state index in [4.69, 9.17) is 18.9 Å². The third kappa shape index (κ3) is 14.9. The van der Waals surface area contributed by atoms with Gasteiger partial charge in [0.1, 0.15) is 18.2 Å². The van der Waals surface area contributed by atoms with Gasteiger partial charge < -0.3 is 34.9 Å². The minimum absolute atomic E-state index is 0.000684. The molecule has 320 valence electrons. The van der Waals surface area contributed by atoms with Crippen LogP contribution in [0.5, 0.6) is 0 Å². The van der Waals surface area contributed by atoms with Crippen LogP contribution >= 0.6 is 0 Å². The molecule has 4 atom stereocenters. The molecule has 2 aliphatic rings. The average molecular weight is 809 g/mol. The second kappa shape index (κ2) is 23.6. The summed E-state index contributed by atoms with van der Waals surface area (Å²) in [7, 11) is 2.47. The predicted molar refractivity (Wildman–Crippen MR) is 218 cm³/mol. The molecule has 15 heteroatoms. The number of morpholine rings is 1. The fourth-order valence-electron chi connectivity index (χ4n) is 7.36. The van der Waals surface area contributed by atoms with Crippen molar-refractivity contribution in [2.75, 3.05) is 53.6 Å². The molecule has 2 fully saturated rings. The summed E-state index contributed by atoms with van der Waals surface area (Å²) in [5.74, 6) is -1.89. The second-order valence-electron chi connectivity index (χ2n) is 15.9. The van der Waals surface area contributed by atoms with Gasteiger partial charge in [-0.1, -0.05) is 89.4 Å². The molecule has 1 saturated carbocycles. The number of benzene rings is 2. The van der Waals surface area contributed by atoms with E-state index in [1.165, 1.54) is 14.2 Å². The number of hydrogen-bond acceptors (Lipinski definition) is 11. The van der Waals surface area contributed by atoms with Gasteiger partial charge in [0, 0.05) is 26.2 Å². The lowest BCUT2D eigenvalue weighted by molar-refractivity contribution is -0.131. The Morgan fingerprint density at radius 3 is 1.91 bits per heavy atom. The van der Waals surface area contributed by atoms with E-state index in [1.807, 2.05) is 70.2 Å². The summed E-state index contributed by atoms with van der Waals surface area (Å²) in [6, 6.07) is 14.1. The van der Waals surface area contributed by atoms with Crippen LogP contribution in [-0.4, -0.2) is 118 Å². The third-order valence-corrected chi connectivity index (χ3v) is 10.7. The molecule has 1 saturated heterocycles. The maximum atomic E-state index is 14.2. The Hall–Kier alpha value is -4.73. The number of nitrogens with zero attached hydrogens (tertiary/aromatic N) is 2.